The maximum absolute atomic E-state index is 13.4. The molecule has 1 aliphatic heterocycles. The minimum Gasteiger partial charge on any atom is -0.273 e. The zero-order valence-corrected chi connectivity index (χ0v) is 13.7. The van der Waals surface area contributed by atoms with Crippen LogP contribution in [0.15, 0.2) is 54.6 Å². The highest BCUT2D eigenvalue weighted by Gasteiger charge is 2.50. The van der Waals surface area contributed by atoms with Gasteiger partial charge in [-0.2, -0.15) is 0 Å². The van der Waals surface area contributed by atoms with Crippen LogP contribution in [0.2, 0.25) is 0 Å². The van der Waals surface area contributed by atoms with E-state index in [1.54, 1.807) is 0 Å². The van der Waals surface area contributed by atoms with Crippen LogP contribution in [0.4, 0.5) is 0 Å². The SMILES string of the molecule is O=C1c2ccccc2C2(CCCCC2)C(=O)N1Cc1ccccc1. The smallest absolute Gasteiger partial charge is 0.261 e. The minimum absolute atomic E-state index is 0.00486. The molecule has 2 aromatic rings. The van der Waals surface area contributed by atoms with Gasteiger partial charge in [0.1, 0.15) is 0 Å². The Hall–Kier alpha value is -2.42. The lowest BCUT2D eigenvalue weighted by Crippen LogP contribution is -2.54. The minimum atomic E-state index is -0.502. The van der Waals surface area contributed by atoms with Gasteiger partial charge in [0.15, 0.2) is 0 Å². The normalized spacial score (nSPS) is 19.4. The van der Waals surface area contributed by atoms with Crippen molar-refractivity contribution in [2.75, 3.05) is 0 Å². The van der Waals surface area contributed by atoms with Gasteiger partial charge in [0.25, 0.3) is 5.91 Å². The molecule has 0 N–H and O–H groups in total. The van der Waals surface area contributed by atoms with E-state index in [0.717, 1.165) is 36.8 Å². The predicted molar refractivity (Wildman–Crippen MR) is 92.5 cm³/mol. The van der Waals surface area contributed by atoms with Crippen LogP contribution >= 0.6 is 0 Å². The van der Waals surface area contributed by atoms with Crippen LogP contribution in [0.3, 0.4) is 0 Å². The van der Waals surface area contributed by atoms with Gasteiger partial charge in [0, 0.05) is 5.56 Å². The maximum atomic E-state index is 13.4. The van der Waals surface area contributed by atoms with Gasteiger partial charge in [-0.25, -0.2) is 0 Å². The first-order chi connectivity index (χ1) is 11.7. The highest BCUT2D eigenvalue weighted by atomic mass is 16.2. The maximum Gasteiger partial charge on any atom is 0.261 e. The molecule has 0 unspecified atom stereocenters. The predicted octanol–water partition coefficient (Wildman–Crippen LogP) is 4.07. The number of amides is 2. The average Bonchev–Trinajstić information content (AvgIpc) is 2.65. The van der Waals surface area contributed by atoms with E-state index in [-0.39, 0.29) is 11.8 Å². The molecule has 0 bridgehead atoms. The average molecular weight is 319 g/mol. The Labute approximate surface area is 142 Å². The summed E-state index contributed by atoms with van der Waals surface area (Å²) in [7, 11) is 0. The fourth-order valence-electron chi connectivity index (χ4n) is 4.25. The number of carbonyl (C=O) groups excluding carboxylic acids is 2. The molecule has 24 heavy (non-hydrogen) atoms. The van der Waals surface area contributed by atoms with Crippen molar-refractivity contribution < 1.29 is 9.59 Å². The van der Waals surface area contributed by atoms with E-state index >= 15 is 0 Å². The molecule has 1 heterocycles. The third-order valence-corrected chi connectivity index (χ3v) is 5.46. The van der Waals surface area contributed by atoms with Crippen LogP contribution < -0.4 is 0 Å². The Balaban J connectivity index is 1.80. The summed E-state index contributed by atoms with van der Waals surface area (Å²) in [6, 6.07) is 17.5. The zero-order valence-electron chi connectivity index (χ0n) is 13.7. The molecule has 2 amide bonds. The fraction of sp³-hybridized carbons (Fsp3) is 0.333. The number of hydrogen-bond donors (Lipinski definition) is 0. The molecular weight excluding hydrogens is 298 g/mol. The Morgan fingerprint density at radius 2 is 1.50 bits per heavy atom. The summed E-state index contributed by atoms with van der Waals surface area (Å²) < 4.78 is 0. The first kappa shape index (κ1) is 15.1. The van der Waals surface area contributed by atoms with E-state index in [4.69, 9.17) is 0 Å². The highest BCUT2D eigenvalue weighted by molar-refractivity contribution is 6.13. The number of nitrogens with zero attached hydrogens (tertiary/aromatic N) is 1. The largest absolute Gasteiger partial charge is 0.273 e. The van der Waals surface area contributed by atoms with Crippen molar-refractivity contribution in [3.05, 3.63) is 71.3 Å². The Morgan fingerprint density at radius 3 is 2.25 bits per heavy atom. The number of carbonyl (C=O) groups is 2. The molecule has 2 aromatic carbocycles. The van der Waals surface area contributed by atoms with Crippen molar-refractivity contribution in [2.45, 2.75) is 44.1 Å². The monoisotopic (exact) mass is 319 g/mol. The Kier molecular flexibility index (Phi) is 3.72. The van der Waals surface area contributed by atoms with Gasteiger partial charge in [-0.3, -0.25) is 14.5 Å². The highest BCUT2D eigenvalue weighted by Crippen LogP contribution is 2.45. The molecule has 3 heteroatoms. The standard InChI is InChI=1S/C21H21NO2/c23-19-17-11-5-6-12-18(17)21(13-7-2-8-14-21)20(24)22(19)15-16-9-3-1-4-10-16/h1,3-6,9-12H,2,7-8,13-15H2. The molecule has 0 atom stereocenters. The Morgan fingerprint density at radius 1 is 0.833 bits per heavy atom. The third-order valence-electron chi connectivity index (χ3n) is 5.46. The van der Waals surface area contributed by atoms with Gasteiger partial charge in [0.2, 0.25) is 5.91 Å². The van der Waals surface area contributed by atoms with E-state index in [2.05, 4.69) is 0 Å². The second-order valence-electron chi connectivity index (χ2n) is 6.87. The summed E-state index contributed by atoms with van der Waals surface area (Å²) in [5.41, 5.74) is 2.14. The lowest BCUT2D eigenvalue weighted by molar-refractivity contribution is -0.137. The van der Waals surface area contributed by atoms with Crippen LogP contribution in [-0.2, 0) is 16.8 Å². The van der Waals surface area contributed by atoms with Gasteiger partial charge < -0.3 is 0 Å². The van der Waals surface area contributed by atoms with Crippen LogP contribution in [-0.4, -0.2) is 16.7 Å². The summed E-state index contributed by atoms with van der Waals surface area (Å²) in [6.07, 6.45) is 4.97. The van der Waals surface area contributed by atoms with E-state index in [1.165, 1.54) is 11.3 Å². The number of benzene rings is 2. The number of fused-ring (bicyclic) bond motifs is 2. The summed E-state index contributed by atoms with van der Waals surface area (Å²) in [5.74, 6) is -0.162. The summed E-state index contributed by atoms with van der Waals surface area (Å²) >= 11 is 0. The van der Waals surface area contributed by atoms with Crippen LogP contribution in [0.1, 0.15) is 53.6 Å². The quantitative estimate of drug-likeness (QED) is 0.783. The van der Waals surface area contributed by atoms with Crippen molar-refractivity contribution in [1.29, 1.82) is 0 Å². The van der Waals surface area contributed by atoms with Gasteiger partial charge in [-0.1, -0.05) is 67.8 Å². The van der Waals surface area contributed by atoms with E-state index in [1.807, 2.05) is 54.6 Å². The second-order valence-corrected chi connectivity index (χ2v) is 6.87. The molecule has 1 aliphatic carbocycles. The van der Waals surface area contributed by atoms with Crippen molar-refractivity contribution in [3.63, 3.8) is 0 Å². The van der Waals surface area contributed by atoms with Crippen LogP contribution in [0.25, 0.3) is 0 Å². The van der Waals surface area contributed by atoms with E-state index in [0.29, 0.717) is 12.1 Å². The summed E-state index contributed by atoms with van der Waals surface area (Å²) in [6.45, 7) is 0.356. The van der Waals surface area contributed by atoms with E-state index < -0.39 is 5.41 Å². The lowest BCUT2D eigenvalue weighted by Gasteiger charge is -2.44. The van der Waals surface area contributed by atoms with Crippen molar-refractivity contribution in [2.24, 2.45) is 0 Å². The number of rotatable bonds is 2. The van der Waals surface area contributed by atoms with Gasteiger partial charge in [0.05, 0.1) is 12.0 Å². The molecule has 3 nitrogen and oxygen atoms in total. The molecule has 1 spiro atoms. The molecule has 1 fully saturated rings. The number of hydrogen-bond acceptors (Lipinski definition) is 2. The first-order valence-electron chi connectivity index (χ1n) is 8.72. The molecule has 0 saturated heterocycles. The van der Waals surface area contributed by atoms with Crippen molar-refractivity contribution in [3.8, 4) is 0 Å². The molecule has 0 radical (unpaired) electrons. The van der Waals surface area contributed by atoms with Crippen molar-refractivity contribution in [1.82, 2.24) is 4.90 Å². The summed E-state index contributed by atoms with van der Waals surface area (Å²) in [4.78, 5) is 27.8. The molecule has 1 saturated carbocycles. The third kappa shape index (κ3) is 2.27. The van der Waals surface area contributed by atoms with Gasteiger partial charge in [-0.15, -0.1) is 0 Å². The molecule has 2 aliphatic rings. The van der Waals surface area contributed by atoms with Crippen LogP contribution in [0, 0.1) is 0 Å². The molecular formula is C21H21NO2. The molecule has 0 aromatic heterocycles. The zero-order chi connectivity index (χ0) is 16.6. The first-order valence-corrected chi connectivity index (χ1v) is 8.72. The van der Waals surface area contributed by atoms with Gasteiger partial charge >= 0.3 is 0 Å². The Bertz CT molecular complexity index is 775. The fourth-order valence-corrected chi connectivity index (χ4v) is 4.25. The molecule has 122 valence electrons. The van der Waals surface area contributed by atoms with Gasteiger partial charge in [-0.05, 0) is 30.0 Å². The second kappa shape index (κ2) is 5.90. The molecule has 4 rings (SSSR count). The van der Waals surface area contributed by atoms with Crippen LogP contribution in [0.5, 0.6) is 0 Å². The van der Waals surface area contributed by atoms with E-state index in [9.17, 15) is 9.59 Å². The topological polar surface area (TPSA) is 37.4 Å². The number of imide groups is 1. The van der Waals surface area contributed by atoms with Crippen molar-refractivity contribution >= 4 is 11.8 Å². The lowest BCUT2D eigenvalue weighted by atomic mass is 9.65. The summed E-state index contributed by atoms with van der Waals surface area (Å²) in [5, 5.41) is 0.